The second-order valence-corrected chi connectivity index (χ2v) is 6.18. The first-order valence-electron chi connectivity index (χ1n) is 8.20. The fourth-order valence-corrected chi connectivity index (χ4v) is 2.61. The van der Waals surface area contributed by atoms with Gasteiger partial charge in [0.2, 0.25) is 0 Å². The molecule has 0 aliphatic heterocycles. The van der Waals surface area contributed by atoms with Gasteiger partial charge < -0.3 is 0 Å². The van der Waals surface area contributed by atoms with Gasteiger partial charge in [-0.2, -0.15) is 0 Å². The summed E-state index contributed by atoms with van der Waals surface area (Å²) in [5, 5.41) is 0. The van der Waals surface area contributed by atoms with Gasteiger partial charge in [0.15, 0.2) is 0 Å². The van der Waals surface area contributed by atoms with E-state index in [0.29, 0.717) is 0 Å². The first-order chi connectivity index (χ1) is 8.20. The van der Waals surface area contributed by atoms with E-state index in [1.807, 2.05) is 0 Å². The maximum absolute atomic E-state index is 2.35. The van der Waals surface area contributed by atoms with Gasteiger partial charge >= 0.3 is 0 Å². The molecule has 0 radical (unpaired) electrons. The van der Waals surface area contributed by atoms with Crippen molar-refractivity contribution in [2.24, 2.45) is 11.8 Å². The molecule has 0 saturated carbocycles. The van der Waals surface area contributed by atoms with Crippen molar-refractivity contribution in [1.29, 1.82) is 0 Å². The molecule has 17 heavy (non-hydrogen) atoms. The SMILES string of the molecule is CCCCCC(CCCCC)CCCC(C)C. The van der Waals surface area contributed by atoms with Crippen molar-refractivity contribution in [2.75, 3.05) is 0 Å². The number of rotatable bonds is 12. The summed E-state index contributed by atoms with van der Waals surface area (Å²) in [7, 11) is 0. The van der Waals surface area contributed by atoms with E-state index in [1.54, 1.807) is 0 Å². The highest BCUT2D eigenvalue weighted by Crippen LogP contribution is 2.24. The highest BCUT2D eigenvalue weighted by molar-refractivity contribution is 4.61. The first-order valence-corrected chi connectivity index (χ1v) is 8.20. The van der Waals surface area contributed by atoms with E-state index in [-0.39, 0.29) is 0 Å². The lowest BCUT2D eigenvalue weighted by molar-refractivity contribution is 0.362. The number of hydrogen-bond donors (Lipinski definition) is 0. The molecule has 0 rings (SSSR count). The van der Waals surface area contributed by atoms with Crippen LogP contribution in [0.4, 0.5) is 0 Å². The second-order valence-electron chi connectivity index (χ2n) is 6.18. The van der Waals surface area contributed by atoms with Crippen molar-refractivity contribution < 1.29 is 0 Å². The van der Waals surface area contributed by atoms with Gasteiger partial charge in [0, 0.05) is 0 Å². The van der Waals surface area contributed by atoms with E-state index in [2.05, 4.69) is 27.7 Å². The lowest BCUT2D eigenvalue weighted by Crippen LogP contribution is -2.02. The molecule has 0 atom stereocenters. The normalized spacial score (nSPS) is 11.6. The van der Waals surface area contributed by atoms with Crippen molar-refractivity contribution >= 4 is 0 Å². The van der Waals surface area contributed by atoms with Crippen LogP contribution in [0.2, 0.25) is 0 Å². The lowest BCUT2D eigenvalue weighted by Gasteiger charge is -2.17. The minimum Gasteiger partial charge on any atom is -0.0654 e. The Morgan fingerprint density at radius 3 is 1.47 bits per heavy atom. The van der Waals surface area contributed by atoms with E-state index in [1.165, 1.54) is 70.6 Å². The molecule has 0 nitrogen and oxygen atoms in total. The van der Waals surface area contributed by atoms with Crippen LogP contribution in [0.15, 0.2) is 0 Å². The van der Waals surface area contributed by atoms with Gasteiger partial charge in [-0.1, -0.05) is 98.3 Å². The van der Waals surface area contributed by atoms with E-state index < -0.39 is 0 Å². The van der Waals surface area contributed by atoms with Crippen molar-refractivity contribution in [1.82, 2.24) is 0 Å². The molecule has 104 valence electrons. The quantitative estimate of drug-likeness (QED) is 0.338. The van der Waals surface area contributed by atoms with E-state index in [0.717, 1.165) is 11.8 Å². The Morgan fingerprint density at radius 2 is 1.06 bits per heavy atom. The smallest absolute Gasteiger partial charge is 0.0414 e. The van der Waals surface area contributed by atoms with Gasteiger partial charge in [-0.05, 0) is 11.8 Å². The molecule has 0 N–H and O–H groups in total. The summed E-state index contributed by atoms with van der Waals surface area (Å²) in [6, 6.07) is 0. The molecule has 0 aromatic heterocycles. The molecule has 0 aliphatic rings. The third-order valence-corrected chi connectivity index (χ3v) is 3.83. The Hall–Kier alpha value is 0. The van der Waals surface area contributed by atoms with E-state index in [4.69, 9.17) is 0 Å². The summed E-state index contributed by atoms with van der Waals surface area (Å²) >= 11 is 0. The average molecular weight is 240 g/mol. The largest absolute Gasteiger partial charge is 0.0654 e. The second kappa shape index (κ2) is 12.5. The average Bonchev–Trinajstić information content (AvgIpc) is 2.28. The lowest BCUT2D eigenvalue weighted by atomic mass is 9.89. The minimum atomic E-state index is 0.891. The maximum Gasteiger partial charge on any atom is -0.0414 e. The molecular weight excluding hydrogens is 204 g/mol. The number of hydrogen-bond acceptors (Lipinski definition) is 0. The van der Waals surface area contributed by atoms with Crippen LogP contribution in [-0.4, -0.2) is 0 Å². The molecule has 0 heterocycles. The van der Waals surface area contributed by atoms with Gasteiger partial charge in [0.1, 0.15) is 0 Å². The third kappa shape index (κ3) is 12.2. The van der Waals surface area contributed by atoms with Gasteiger partial charge in [-0.3, -0.25) is 0 Å². The molecule has 0 heteroatoms. The first kappa shape index (κ1) is 17.0. The number of unbranched alkanes of at least 4 members (excludes halogenated alkanes) is 4. The molecule has 0 amide bonds. The zero-order chi connectivity index (χ0) is 12.9. The fourth-order valence-electron chi connectivity index (χ4n) is 2.61. The van der Waals surface area contributed by atoms with Crippen LogP contribution in [-0.2, 0) is 0 Å². The van der Waals surface area contributed by atoms with Crippen LogP contribution in [0.3, 0.4) is 0 Å². The van der Waals surface area contributed by atoms with Crippen LogP contribution in [0, 0.1) is 11.8 Å². The summed E-state index contributed by atoms with van der Waals surface area (Å²) in [5.74, 6) is 1.92. The van der Waals surface area contributed by atoms with Gasteiger partial charge in [-0.15, -0.1) is 0 Å². The van der Waals surface area contributed by atoms with Crippen molar-refractivity contribution in [3.05, 3.63) is 0 Å². The Balaban J connectivity index is 3.67. The van der Waals surface area contributed by atoms with Crippen molar-refractivity contribution in [2.45, 2.75) is 98.3 Å². The standard InChI is InChI=1S/C17H36/c1-5-7-9-13-17(14-10-8-6-2)15-11-12-16(3)4/h16-17H,5-15H2,1-4H3. The van der Waals surface area contributed by atoms with Crippen LogP contribution < -0.4 is 0 Å². The zero-order valence-electron chi connectivity index (χ0n) is 12.9. The Labute approximate surface area is 111 Å². The Morgan fingerprint density at radius 1 is 0.588 bits per heavy atom. The molecule has 0 spiro atoms. The summed E-state index contributed by atoms with van der Waals surface area (Å²) < 4.78 is 0. The maximum atomic E-state index is 2.35. The van der Waals surface area contributed by atoms with Gasteiger partial charge in [-0.25, -0.2) is 0 Å². The molecule has 0 bridgehead atoms. The predicted molar refractivity (Wildman–Crippen MR) is 80.5 cm³/mol. The van der Waals surface area contributed by atoms with Gasteiger partial charge in [0.05, 0.1) is 0 Å². The Bertz CT molecular complexity index is 127. The van der Waals surface area contributed by atoms with Crippen LogP contribution in [0.25, 0.3) is 0 Å². The zero-order valence-corrected chi connectivity index (χ0v) is 12.9. The molecule has 0 fully saturated rings. The highest BCUT2D eigenvalue weighted by Gasteiger charge is 2.08. The fraction of sp³-hybridized carbons (Fsp3) is 1.00. The minimum absolute atomic E-state index is 0.891. The van der Waals surface area contributed by atoms with E-state index in [9.17, 15) is 0 Å². The van der Waals surface area contributed by atoms with Crippen LogP contribution in [0.1, 0.15) is 98.3 Å². The van der Waals surface area contributed by atoms with E-state index >= 15 is 0 Å². The predicted octanol–water partition coefficient (Wildman–Crippen LogP) is 6.59. The Kier molecular flexibility index (Phi) is 12.5. The molecule has 0 unspecified atom stereocenters. The molecular formula is C17H36. The monoisotopic (exact) mass is 240 g/mol. The van der Waals surface area contributed by atoms with Crippen molar-refractivity contribution in [3.8, 4) is 0 Å². The summed E-state index contributed by atoms with van der Waals surface area (Å²) in [6.45, 7) is 9.32. The molecule has 0 aromatic carbocycles. The molecule has 0 aliphatic carbocycles. The topological polar surface area (TPSA) is 0 Å². The van der Waals surface area contributed by atoms with Crippen LogP contribution >= 0.6 is 0 Å². The summed E-state index contributed by atoms with van der Waals surface area (Å²) in [5.41, 5.74) is 0. The van der Waals surface area contributed by atoms with Gasteiger partial charge in [0.25, 0.3) is 0 Å². The summed E-state index contributed by atoms with van der Waals surface area (Å²) in [4.78, 5) is 0. The van der Waals surface area contributed by atoms with Crippen molar-refractivity contribution in [3.63, 3.8) is 0 Å². The highest BCUT2D eigenvalue weighted by atomic mass is 14.1. The summed E-state index contributed by atoms with van der Waals surface area (Å²) in [6.07, 6.45) is 15.9. The molecule has 0 saturated heterocycles. The molecule has 0 aromatic rings. The third-order valence-electron chi connectivity index (χ3n) is 3.83. The van der Waals surface area contributed by atoms with Crippen LogP contribution in [0.5, 0.6) is 0 Å².